The first kappa shape index (κ1) is 20.8. The lowest BCUT2D eigenvalue weighted by Gasteiger charge is -2.19. The van der Waals surface area contributed by atoms with Gasteiger partial charge in [-0.3, -0.25) is 10.1 Å². The van der Waals surface area contributed by atoms with Gasteiger partial charge in [0.25, 0.3) is 5.91 Å². The average molecular weight is 416 g/mol. The van der Waals surface area contributed by atoms with Gasteiger partial charge < -0.3 is 29.0 Å². The molecule has 1 aliphatic rings. The van der Waals surface area contributed by atoms with Gasteiger partial charge in [0.2, 0.25) is 0 Å². The molecule has 1 aliphatic heterocycles. The lowest BCUT2D eigenvalue weighted by molar-refractivity contribution is -0.123. The zero-order valence-corrected chi connectivity index (χ0v) is 16.4. The SMILES string of the molecule is COc1cc(OC)cc(C(=O)OCC(=O)NC(=O)Nc2ccc3c(c2)OCCO3)c1. The van der Waals surface area contributed by atoms with Crippen molar-refractivity contribution in [3.63, 3.8) is 0 Å². The normalized spacial score (nSPS) is 11.8. The van der Waals surface area contributed by atoms with Gasteiger partial charge in [-0.05, 0) is 24.3 Å². The van der Waals surface area contributed by atoms with Crippen molar-refractivity contribution in [1.29, 1.82) is 0 Å². The number of imide groups is 1. The molecule has 158 valence electrons. The molecule has 30 heavy (non-hydrogen) atoms. The minimum atomic E-state index is -0.798. The first-order valence-corrected chi connectivity index (χ1v) is 8.89. The lowest BCUT2D eigenvalue weighted by atomic mass is 10.2. The predicted octanol–water partition coefficient (Wildman–Crippen LogP) is 1.98. The first-order valence-electron chi connectivity index (χ1n) is 8.89. The Balaban J connectivity index is 1.50. The molecule has 0 bridgehead atoms. The molecule has 10 nitrogen and oxygen atoms in total. The fraction of sp³-hybridized carbons (Fsp3) is 0.250. The second-order valence-corrected chi connectivity index (χ2v) is 6.04. The summed E-state index contributed by atoms with van der Waals surface area (Å²) in [7, 11) is 2.88. The molecule has 0 saturated heterocycles. The lowest BCUT2D eigenvalue weighted by Crippen LogP contribution is -2.37. The highest BCUT2D eigenvalue weighted by Crippen LogP contribution is 2.32. The van der Waals surface area contributed by atoms with E-state index in [2.05, 4.69) is 10.6 Å². The Bertz CT molecular complexity index is 938. The fourth-order valence-corrected chi connectivity index (χ4v) is 2.59. The van der Waals surface area contributed by atoms with Crippen LogP contribution >= 0.6 is 0 Å². The number of methoxy groups -OCH3 is 2. The van der Waals surface area contributed by atoms with Crippen molar-refractivity contribution in [2.75, 3.05) is 39.4 Å². The third kappa shape index (κ3) is 5.31. The van der Waals surface area contributed by atoms with Gasteiger partial charge in [0.15, 0.2) is 18.1 Å². The zero-order chi connectivity index (χ0) is 21.5. The largest absolute Gasteiger partial charge is 0.497 e. The smallest absolute Gasteiger partial charge is 0.338 e. The number of rotatable bonds is 6. The Kier molecular flexibility index (Phi) is 6.58. The van der Waals surface area contributed by atoms with Crippen LogP contribution in [0.2, 0.25) is 0 Å². The Morgan fingerprint density at radius 1 is 0.933 bits per heavy atom. The van der Waals surface area contributed by atoms with E-state index in [1.54, 1.807) is 24.3 Å². The van der Waals surface area contributed by atoms with Crippen LogP contribution in [0.1, 0.15) is 10.4 Å². The van der Waals surface area contributed by atoms with E-state index in [1.807, 2.05) is 0 Å². The van der Waals surface area contributed by atoms with E-state index >= 15 is 0 Å². The molecule has 0 radical (unpaired) electrons. The van der Waals surface area contributed by atoms with Gasteiger partial charge in [-0.25, -0.2) is 9.59 Å². The maximum atomic E-state index is 12.2. The number of carbonyl (C=O) groups excluding carboxylic acids is 3. The zero-order valence-electron chi connectivity index (χ0n) is 16.4. The molecule has 3 amide bonds. The molecule has 10 heteroatoms. The van der Waals surface area contributed by atoms with Crippen LogP contribution in [0.4, 0.5) is 10.5 Å². The standard InChI is InChI=1S/C20H20N2O8/c1-26-14-7-12(8-15(10-14)27-2)19(24)30-11-18(23)22-20(25)21-13-3-4-16-17(9-13)29-6-5-28-16/h3-4,7-10H,5-6,11H2,1-2H3,(H2,21,22,23,25). The van der Waals surface area contributed by atoms with Crippen molar-refractivity contribution in [2.45, 2.75) is 0 Å². The highest BCUT2D eigenvalue weighted by atomic mass is 16.6. The molecule has 0 fully saturated rings. The van der Waals surface area contributed by atoms with Crippen LogP contribution < -0.4 is 29.6 Å². The Hall–Kier alpha value is -3.95. The van der Waals surface area contributed by atoms with E-state index in [4.69, 9.17) is 23.7 Å². The molecular weight excluding hydrogens is 396 g/mol. The number of ether oxygens (including phenoxy) is 5. The Morgan fingerprint density at radius 2 is 1.60 bits per heavy atom. The molecule has 0 spiro atoms. The van der Waals surface area contributed by atoms with E-state index in [1.165, 1.54) is 26.4 Å². The second kappa shape index (κ2) is 9.50. The summed E-state index contributed by atoms with van der Waals surface area (Å²) in [5, 5.41) is 4.57. The van der Waals surface area contributed by atoms with E-state index in [0.717, 1.165) is 0 Å². The van der Waals surface area contributed by atoms with Crippen LogP contribution in [0.5, 0.6) is 23.0 Å². The molecule has 3 rings (SSSR count). The van der Waals surface area contributed by atoms with E-state index in [-0.39, 0.29) is 5.56 Å². The van der Waals surface area contributed by atoms with Crippen LogP contribution in [-0.2, 0) is 9.53 Å². The molecule has 0 atom stereocenters. The van der Waals surface area contributed by atoms with Gasteiger partial charge in [0.05, 0.1) is 19.8 Å². The molecule has 0 aliphatic carbocycles. The summed E-state index contributed by atoms with van der Waals surface area (Å²) in [6.07, 6.45) is 0. The maximum absolute atomic E-state index is 12.2. The summed E-state index contributed by atoms with van der Waals surface area (Å²) >= 11 is 0. The molecule has 2 N–H and O–H groups in total. The third-order valence-electron chi connectivity index (χ3n) is 3.97. The minimum absolute atomic E-state index is 0.139. The predicted molar refractivity (Wildman–Crippen MR) is 104 cm³/mol. The van der Waals surface area contributed by atoms with Crippen molar-refractivity contribution in [1.82, 2.24) is 5.32 Å². The van der Waals surface area contributed by atoms with Gasteiger partial charge in [0, 0.05) is 17.8 Å². The number of amides is 3. The van der Waals surface area contributed by atoms with Crippen molar-refractivity contribution >= 4 is 23.6 Å². The minimum Gasteiger partial charge on any atom is -0.497 e. The first-order chi connectivity index (χ1) is 14.5. The van der Waals surface area contributed by atoms with Crippen LogP contribution in [0, 0.1) is 0 Å². The fourth-order valence-electron chi connectivity index (χ4n) is 2.59. The van der Waals surface area contributed by atoms with Crippen LogP contribution in [0.3, 0.4) is 0 Å². The number of urea groups is 1. The van der Waals surface area contributed by atoms with E-state index in [0.29, 0.717) is 41.9 Å². The van der Waals surface area contributed by atoms with Crippen molar-refractivity contribution < 1.29 is 38.1 Å². The summed E-state index contributed by atoms with van der Waals surface area (Å²) in [4.78, 5) is 36.1. The van der Waals surface area contributed by atoms with Gasteiger partial charge in [-0.2, -0.15) is 0 Å². The number of carbonyl (C=O) groups is 3. The second-order valence-electron chi connectivity index (χ2n) is 6.04. The van der Waals surface area contributed by atoms with Crippen molar-refractivity contribution in [3.05, 3.63) is 42.0 Å². The van der Waals surface area contributed by atoms with Crippen LogP contribution in [0.25, 0.3) is 0 Å². The Morgan fingerprint density at radius 3 is 2.27 bits per heavy atom. The highest BCUT2D eigenvalue weighted by Gasteiger charge is 2.16. The number of nitrogens with one attached hydrogen (secondary N) is 2. The van der Waals surface area contributed by atoms with Crippen LogP contribution in [0.15, 0.2) is 36.4 Å². The molecule has 0 unspecified atom stereocenters. The molecule has 0 aromatic heterocycles. The van der Waals surface area contributed by atoms with E-state index < -0.39 is 24.5 Å². The quantitative estimate of drug-likeness (QED) is 0.686. The molecule has 1 heterocycles. The summed E-state index contributed by atoms with van der Waals surface area (Å²) in [6, 6.07) is 8.52. The molecular formula is C20H20N2O8. The van der Waals surface area contributed by atoms with Crippen molar-refractivity contribution in [3.8, 4) is 23.0 Å². The topological polar surface area (TPSA) is 121 Å². The summed E-state index contributed by atoms with van der Waals surface area (Å²) < 4.78 is 25.9. The summed E-state index contributed by atoms with van der Waals surface area (Å²) in [6.45, 7) is 0.217. The monoisotopic (exact) mass is 416 g/mol. The Labute approximate surface area is 172 Å². The van der Waals surface area contributed by atoms with Gasteiger partial charge in [-0.1, -0.05) is 0 Å². The summed E-state index contributed by atoms with van der Waals surface area (Å²) in [5.41, 5.74) is 0.546. The van der Waals surface area contributed by atoms with Crippen molar-refractivity contribution in [2.24, 2.45) is 0 Å². The maximum Gasteiger partial charge on any atom is 0.338 e. The molecule has 0 saturated carbocycles. The molecule has 2 aromatic carbocycles. The number of hydrogen-bond donors (Lipinski definition) is 2. The third-order valence-corrected chi connectivity index (χ3v) is 3.97. The number of esters is 1. The number of benzene rings is 2. The number of anilines is 1. The van der Waals surface area contributed by atoms with Gasteiger partial charge >= 0.3 is 12.0 Å². The summed E-state index contributed by atoms with van der Waals surface area (Å²) in [5.74, 6) is 0.286. The van der Waals surface area contributed by atoms with Gasteiger partial charge in [-0.15, -0.1) is 0 Å². The highest BCUT2D eigenvalue weighted by molar-refractivity contribution is 6.02. The number of hydrogen-bond acceptors (Lipinski definition) is 8. The van der Waals surface area contributed by atoms with Crippen LogP contribution in [-0.4, -0.2) is 51.9 Å². The van der Waals surface area contributed by atoms with E-state index in [9.17, 15) is 14.4 Å². The number of fused-ring (bicyclic) bond motifs is 1. The molecule has 2 aromatic rings. The van der Waals surface area contributed by atoms with Gasteiger partial charge in [0.1, 0.15) is 24.7 Å². The average Bonchev–Trinajstić information content (AvgIpc) is 2.76.